The molecule has 0 fully saturated rings. The van der Waals surface area contributed by atoms with E-state index in [2.05, 4.69) is 31.3 Å². The van der Waals surface area contributed by atoms with Crippen LogP contribution in [0.25, 0.3) is 0 Å². The minimum Gasteiger partial charge on any atom is -0.463 e. The summed E-state index contributed by atoms with van der Waals surface area (Å²) < 4.78 is 26.9. The van der Waals surface area contributed by atoms with Crippen LogP contribution in [0.4, 0.5) is 0 Å². The van der Waals surface area contributed by atoms with Crippen LogP contribution in [0.15, 0.2) is 12.2 Å². The number of hydrogen-bond acceptors (Lipinski definition) is 7. The van der Waals surface area contributed by atoms with Crippen molar-refractivity contribution in [3.05, 3.63) is 12.2 Å². The van der Waals surface area contributed by atoms with Gasteiger partial charge in [0.05, 0.1) is 13.2 Å². The van der Waals surface area contributed by atoms with E-state index in [-0.39, 0.29) is 32.1 Å². The number of carbonyl (C=O) groups excluding carboxylic acids is 2. The van der Waals surface area contributed by atoms with Gasteiger partial charge in [0.25, 0.3) is 0 Å². The number of phosphoric acid groups is 1. The van der Waals surface area contributed by atoms with Gasteiger partial charge in [0.2, 0.25) is 5.91 Å². The smallest absolute Gasteiger partial charge is 0.463 e. The van der Waals surface area contributed by atoms with Crippen LogP contribution < -0.4 is 5.32 Å². The fourth-order valence-corrected chi connectivity index (χ4v) is 7.96. The first-order valence-corrected chi connectivity index (χ1v) is 26.2. The number of unbranched alkanes of at least 4 members (excludes halogenated alkanes) is 32. The summed E-state index contributed by atoms with van der Waals surface area (Å²) in [4.78, 5) is 34.0. The lowest BCUT2D eigenvalue weighted by Gasteiger charge is -2.15. The van der Waals surface area contributed by atoms with Crippen LogP contribution in [0.2, 0.25) is 0 Å². The maximum Gasteiger partial charge on any atom is 0.472 e. The number of rotatable bonds is 47. The highest BCUT2D eigenvalue weighted by atomic mass is 31.2. The van der Waals surface area contributed by atoms with Crippen molar-refractivity contribution in [2.75, 3.05) is 26.4 Å². The number of hydrogen-bond donors (Lipinski definition) is 3. The summed E-state index contributed by atoms with van der Waals surface area (Å²) in [6.07, 6.45) is 48.6. The highest BCUT2D eigenvalue weighted by Crippen LogP contribution is 2.42. The minimum atomic E-state index is -4.41. The lowest BCUT2D eigenvalue weighted by atomic mass is 10.0. The standard InChI is InChI=1S/C48H94NO8P/c1-3-5-7-9-11-13-15-17-19-20-21-22-23-24-25-26-27-28-30-32-34-36-38-40-47(51)49-42-43-56-58(53,54)57-45-46(50)44-55-48(52)41-39-37-35-33-31-29-18-16-14-12-10-8-6-4-2/h17,19,46,50H,3-16,18,20-45H2,1-2H3,(H,49,51)(H,53,54)/b19-17+. The molecule has 2 unspecified atom stereocenters. The van der Waals surface area contributed by atoms with E-state index in [1.165, 1.54) is 186 Å². The molecule has 2 atom stereocenters. The Morgan fingerprint density at radius 1 is 0.517 bits per heavy atom. The summed E-state index contributed by atoms with van der Waals surface area (Å²) in [7, 11) is -4.41. The van der Waals surface area contributed by atoms with Gasteiger partial charge in [-0.3, -0.25) is 18.6 Å². The zero-order valence-electron chi connectivity index (χ0n) is 38.0. The second-order valence-electron chi connectivity index (χ2n) is 16.8. The molecule has 0 aromatic heterocycles. The molecule has 9 nitrogen and oxygen atoms in total. The van der Waals surface area contributed by atoms with Crippen LogP contribution in [0.1, 0.15) is 251 Å². The van der Waals surface area contributed by atoms with Crippen LogP contribution in [-0.4, -0.2) is 54.3 Å². The van der Waals surface area contributed by atoms with Gasteiger partial charge in [-0.15, -0.1) is 0 Å². The van der Waals surface area contributed by atoms with E-state index in [0.717, 1.165) is 38.5 Å². The predicted molar refractivity (Wildman–Crippen MR) is 243 cm³/mol. The number of nitrogens with one attached hydrogen (secondary N) is 1. The molecule has 344 valence electrons. The molecule has 0 saturated carbocycles. The molecular weight excluding hydrogens is 750 g/mol. The number of aliphatic hydroxyl groups excluding tert-OH is 1. The van der Waals surface area contributed by atoms with Gasteiger partial charge >= 0.3 is 13.8 Å². The highest BCUT2D eigenvalue weighted by Gasteiger charge is 2.23. The van der Waals surface area contributed by atoms with Gasteiger partial charge < -0.3 is 20.1 Å². The molecule has 58 heavy (non-hydrogen) atoms. The number of carbonyl (C=O) groups is 2. The quantitative estimate of drug-likeness (QED) is 0.0239. The summed E-state index contributed by atoms with van der Waals surface area (Å²) in [5.74, 6) is -0.504. The van der Waals surface area contributed by atoms with Crippen molar-refractivity contribution in [1.82, 2.24) is 5.32 Å². The van der Waals surface area contributed by atoms with Gasteiger partial charge in [-0.1, -0.05) is 212 Å². The number of phosphoric ester groups is 1. The van der Waals surface area contributed by atoms with E-state index in [4.69, 9.17) is 13.8 Å². The molecule has 0 aliphatic rings. The first kappa shape index (κ1) is 56.8. The van der Waals surface area contributed by atoms with E-state index < -0.39 is 26.5 Å². The molecule has 0 aliphatic carbocycles. The highest BCUT2D eigenvalue weighted by molar-refractivity contribution is 7.47. The zero-order valence-corrected chi connectivity index (χ0v) is 38.9. The van der Waals surface area contributed by atoms with Crippen molar-refractivity contribution in [2.24, 2.45) is 0 Å². The third-order valence-corrected chi connectivity index (χ3v) is 11.9. The number of allylic oxidation sites excluding steroid dienone is 2. The second kappa shape index (κ2) is 45.3. The SMILES string of the molecule is CCCCCCCC/C=C/CCCCCCCCCCCCCCCC(=O)NCCOP(=O)(O)OCC(O)COC(=O)CCCCCCCCCCCCCCCC. The van der Waals surface area contributed by atoms with Crippen molar-refractivity contribution in [3.63, 3.8) is 0 Å². The molecule has 10 heteroatoms. The average molecular weight is 844 g/mol. The van der Waals surface area contributed by atoms with Crippen molar-refractivity contribution < 1.29 is 37.9 Å². The minimum absolute atomic E-state index is 0.0862. The normalized spacial score (nSPS) is 13.2. The van der Waals surface area contributed by atoms with E-state index in [1.807, 2.05) is 0 Å². The van der Waals surface area contributed by atoms with E-state index in [0.29, 0.717) is 6.42 Å². The van der Waals surface area contributed by atoms with E-state index >= 15 is 0 Å². The number of ether oxygens (including phenoxy) is 1. The summed E-state index contributed by atoms with van der Waals surface area (Å²) in [5, 5.41) is 12.7. The van der Waals surface area contributed by atoms with Crippen LogP contribution in [0.3, 0.4) is 0 Å². The average Bonchev–Trinajstić information content (AvgIpc) is 3.21. The Labute approximate surface area is 358 Å². The van der Waals surface area contributed by atoms with Crippen LogP contribution in [-0.2, 0) is 27.9 Å². The molecule has 0 spiro atoms. The molecule has 0 saturated heterocycles. The second-order valence-corrected chi connectivity index (χ2v) is 18.2. The predicted octanol–water partition coefficient (Wildman–Crippen LogP) is 14.2. The zero-order chi connectivity index (χ0) is 42.5. The van der Waals surface area contributed by atoms with Crippen LogP contribution in [0, 0.1) is 0 Å². The lowest BCUT2D eigenvalue weighted by Crippen LogP contribution is -2.27. The largest absolute Gasteiger partial charge is 0.472 e. The Morgan fingerprint density at radius 2 is 0.879 bits per heavy atom. The Kier molecular flexibility index (Phi) is 44.3. The Bertz CT molecular complexity index is 964. The molecular formula is C48H94NO8P. The van der Waals surface area contributed by atoms with Gasteiger partial charge in [-0.25, -0.2) is 4.57 Å². The maximum atomic E-state index is 12.1. The van der Waals surface area contributed by atoms with E-state index in [1.54, 1.807) is 0 Å². The number of amides is 1. The summed E-state index contributed by atoms with van der Waals surface area (Å²) in [6, 6.07) is 0. The molecule has 0 heterocycles. The fourth-order valence-electron chi connectivity index (χ4n) is 7.20. The maximum absolute atomic E-state index is 12.1. The Morgan fingerprint density at radius 3 is 1.29 bits per heavy atom. The molecule has 0 bridgehead atoms. The molecule has 0 aromatic carbocycles. The van der Waals surface area contributed by atoms with Crippen molar-refractivity contribution in [3.8, 4) is 0 Å². The van der Waals surface area contributed by atoms with Crippen LogP contribution in [0.5, 0.6) is 0 Å². The Hall–Kier alpha value is -1.25. The molecule has 3 N–H and O–H groups in total. The number of esters is 1. The topological polar surface area (TPSA) is 131 Å². The first-order chi connectivity index (χ1) is 28.3. The van der Waals surface area contributed by atoms with Gasteiger partial charge in [-0.2, -0.15) is 0 Å². The summed E-state index contributed by atoms with van der Waals surface area (Å²) in [6.45, 7) is 3.59. The lowest BCUT2D eigenvalue weighted by molar-refractivity contribution is -0.147. The van der Waals surface area contributed by atoms with Crippen molar-refractivity contribution in [1.29, 1.82) is 0 Å². The molecule has 0 rings (SSSR count). The molecule has 0 aromatic rings. The van der Waals surface area contributed by atoms with Crippen LogP contribution >= 0.6 is 7.82 Å². The first-order valence-electron chi connectivity index (χ1n) is 24.7. The van der Waals surface area contributed by atoms with Gasteiger partial charge in [0, 0.05) is 19.4 Å². The molecule has 0 aliphatic heterocycles. The van der Waals surface area contributed by atoms with E-state index in [9.17, 15) is 24.2 Å². The fraction of sp³-hybridized carbons (Fsp3) is 0.917. The Balaban J connectivity index is 3.51. The van der Waals surface area contributed by atoms with Gasteiger partial charge in [0.1, 0.15) is 12.7 Å². The van der Waals surface area contributed by atoms with Gasteiger partial charge in [-0.05, 0) is 38.5 Å². The third-order valence-electron chi connectivity index (χ3n) is 10.9. The number of aliphatic hydroxyl groups is 1. The summed E-state index contributed by atoms with van der Waals surface area (Å²) in [5.41, 5.74) is 0. The molecule has 1 amide bonds. The van der Waals surface area contributed by atoms with Gasteiger partial charge in [0.15, 0.2) is 0 Å². The summed E-state index contributed by atoms with van der Waals surface area (Å²) >= 11 is 0. The molecule has 0 radical (unpaired) electrons. The monoisotopic (exact) mass is 844 g/mol. The van der Waals surface area contributed by atoms with Crippen molar-refractivity contribution in [2.45, 2.75) is 258 Å². The van der Waals surface area contributed by atoms with Crippen molar-refractivity contribution >= 4 is 19.7 Å². The third kappa shape index (κ3) is 45.8.